The number of nitrogens with two attached hydrogens (primary N) is 1. The summed E-state index contributed by atoms with van der Waals surface area (Å²) >= 11 is 0. The Morgan fingerprint density at radius 1 is 1.27 bits per heavy atom. The fourth-order valence-electron chi connectivity index (χ4n) is 2.55. The van der Waals surface area contributed by atoms with Gasteiger partial charge in [0.2, 0.25) is 5.91 Å². The van der Waals surface area contributed by atoms with Crippen LogP contribution in [-0.4, -0.2) is 49.2 Å². The van der Waals surface area contributed by atoms with Crippen LogP contribution in [0.25, 0.3) is 0 Å². The van der Waals surface area contributed by atoms with Crippen LogP contribution >= 0.6 is 12.4 Å². The van der Waals surface area contributed by atoms with Crippen molar-refractivity contribution in [3.05, 3.63) is 35.9 Å². The molecule has 22 heavy (non-hydrogen) atoms. The standard InChI is InChI=1S/C14H18F3N3O.ClH/c15-14(16,17)9-19-13(21)8-20-6-11(12(18)7-20)10-4-2-1-3-5-10;/h1-5,11-12H,6-9,18H2,(H,19,21);1H/t11-,12+;/m0./s1. The highest BCUT2D eigenvalue weighted by Crippen LogP contribution is 2.25. The molecule has 1 amide bonds. The van der Waals surface area contributed by atoms with Crippen molar-refractivity contribution in [3.8, 4) is 0 Å². The van der Waals surface area contributed by atoms with E-state index in [4.69, 9.17) is 5.73 Å². The van der Waals surface area contributed by atoms with Gasteiger partial charge in [-0.05, 0) is 5.56 Å². The van der Waals surface area contributed by atoms with Gasteiger partial charge in [-0.15, -0.1) is 12.4 Å². The van der Waals surface area contributed by atoms with Crippen molar-refractivity contribution in [1.29, 1.82) is 0 Å². The van der Waals surface area contributed by atoms with Gasteiger partial charge >= 0.3 is 6.18 Å². The van der Waals surface area contributed by atoms with E-state index in [2.05, 4.69) is 0 Å². The summed E-state index contributed by atoms with van der Waals surface area (Å²) in [4.78, 5) is 13.3. The Morgan fingerprint density at radius 2 is 1.91 bits per heavy atom. The van der Waals surface area contributed by atoms with Gasteiger partial charge < -0.3 is 11.1 Å². The second-order valence-electron chi connectivity index (χ2n) is 5.27. The number of rotatable bonds is 4. The van der Waals surface area contributed by atoms with E-state index in [1.165, 1.54) is 0 Å². The SMILES string of the molecule is Cl.N[C@@H]1CN(CC(=O)NCC(F)(F)F)C[C@H]1c1ccccc1. The van der Waals surface area contributed by atoms with Crippen LogP contribution < -0.4 is 11.1 Å². The first-order valence-electron chi connectivity index (χ1n) is 6.71. The minimum atomic E-state index is -4.39. The van der Waals surface area contributed by atoms with Gasteiger partial charge in [0.15, 0.2) is 0 Å². The highest BCUT2D eigenvalue weighted by atomic mass is 35.5. The molecule has 1 aliphatic rings. The minimum absolute atomic E-state index is 0. The number of carbonyl (C=O) groups is 1. The Labute approximate surface area is 133 Å². The highest BCUT2D eigenvalue weighted by molar-refractivity contribution is 5.85. The number of halogens is 4. The fraction of sp³-hybridized carbons (Fsp3) is 0.500. The molecule has 2 atom stereocenters. The zero-order valence-corrected chi connectivity index (χ0v) is 12.7. The van der Waals surface area contributed by atoms with Gasteiger partial charge in [-0.1, -0.05) is 30.3 Å². The van der Waals surface area contributed by atoms with E-state index >= 15 is 0 Å². The summed E-state index contributed by atoms with van der Waals surface area (Å²) in [5, 5.41) is 1.87. The van der Waals surface area contributed by atoms with Crippen molar-refractivity contribution in [2.45, 2.75) is 18.1 Å². The number of likely N-dealkylation sites (tertiary alicyclic amines) is 1. The predicted molar refractivity (Wildman–Crippen MR) is 79.9 cm³/mol. The zero-order chi connectivity index (χ0) is 15.5. The predicted octanol–water partition coefficient (Wildman–Crippen LogP) is 1.51. The molecule has 4 nitrogen and oxygen atoms in total. The molecule has 1 aromatic rings. The van der Waals surface area contributed by atoms with Crippen molar-refractivity contribution in [3.63, 3.8) is 0 Å². The van der Waals surface area contributed by atoms with Crippen LogP contribution in [-0.2, 0) is 4.79 Å². The molecule has 0 radical (unpaired) electrons. The molecule has 1 aromatic carbocycles. The van der Waals surface area contributed by atoms with Crippen LogP contribution in [0.1, 0.15) is 11.5 Å². The lowest BCUT2D eigenvalue weighted by Crippen LogP contribution is -2.41. The van der Waals surface area contributed by atoms with Crippen LogP contribution in [0.4, 0.5) is 13.2 Å². The molecule has 124 valence electrons. The summed E-state index contributed by atoms with van der Waals surface area (Å²) in [5.74, 6) is -0.533. The third-order valence-corrected chi connectivity index (χ3v) is 3.52. The number of hydrogen-bond donors (Lipinski definition) is 2. The summed E-state index contributed by atoms with van der Waals surface area (Å²) in [5.41, 5.74) is 7.15. The van der Waals surface area contributed by atoms with Crippen molar-refractivity contribution in [2.24, 2.45) is 5.73 Å². The topological polar surface area (TPSA) is 58.4 Å². The first-order valence-corrected chi connectivity index (χ1v) is 6.71. The lowest BCUT2D eigenvalue weighted by molar-refractivity contribution is -0.138. The summed E-state index contributed by atoms with van der Waals surface area (Å²) in [6.45, 7) is -0.287. The molecule has 1 heterocycles. The largest absolute Gasteiger partial charge is 0.405 e. The molecule has 0 bridgehead atoms. The third-order valence-electron chi connectivity index (χ3n) is 3.52. The number of carbonyl (C=O) groups excluding carboxylic acids is 1. The first-order chi connectivity index (χ1) is 9.85. The lowest BCUT2D eigenvalue weighted by Gasteiger charge is -2.16. The molecule has 0 saturated carbocycles. The minimum Gasteiger partial charge on any atom is -0.346 e. The Balaban J connectivity index is 0.00000242. The molecule has 2 rings (SSSR count). The van der Waals surface area contributed by atoms with E-state index in [0.717, 1.165) is 5.56 Å². The molecular weight excluding hydrogens is 319 g/mol. The highest BCUT2D eigenvalue weighted by Gasteiger charge is 2.33. The van der Waals surface area contributed by atoms with Crippen molar-refractivity contribution in [2.75, 3.05) is 26.2 Å². The van der Waals surface area contributed by atoms with Crippen LogP contribution in [0.3, 0.4) is 0 Å². The van der Waals surface area contributed by atoms with Crippen molar-refractivity contribution < 1.29 is 18.0 Å². The van der Waals surface area contributed by atoms with Gasteiger partial charge in [0, 0.05) is 25.0 Å². The monoisotopic (exact) mass is 337 g/mol. The van der Waals surface area contributed by atoms with E-state index in [9.17, 15) is 18.0 Å². The second-order valence-corrected chi connectivity index (χ2v) is 5.27. The Morgan fingerprint density at radius 3 is 2.50 bits per heavy atom. The van der Waals surface area contributed by atoms with Gasteiger partial charge in [-0.3, -0.25) is 9.69 Å². The Bertz CT molecular complexity index is 484. The molecule has 0 spiro atoms. The number of hydrogen-bond acceptors (Lipinski definition) is 3. The van der Waals surface area contributed by atoms with Crippen LogP contribution in [0.2, 0.25) is 0 Å². The normalized spacial score (nSPS) is 22.2. The Kier molecular flexibility index (Phi) is 6.65. The van der Waals surface area contributed by atoms with Gasteiger partial charge in [0.05, 0.1) is 6.54 Å². The van der Waals surface area contributed by atoms with Crippen molar-refractivity contribution in [1.82, 2.24) is 10.2 Å². The molecule has 0 unspecified atom stereocenters. The summed E-state index contributed by atoms with van der Waals surface area (Å²) < 4.78 is 36.1. The number of amides is 1. The Hall–Kier alpha value is -1.31. The van der Waals surface area contributed by atoms with E-state index in [1.807, 2.05) is 35.6 Å². The van der Waals surface area contributed by atoms with Gasteiger partial charge in [0.1, 0.15) is 6.54 Å². The summed E-state index contributed by atoms with van der Waals surface area (Å²) in [6.07, 6.45) is -4.39. The van der Waals surface area contributed by atoms with E-state index < -0.39 is 18.6 Å². The average molecular weight is 338 g/mol. The molecule has 1 aliphatic heterocycles. The first kappa shape index (κ1) is 18.7. The second kappa shape index (κ2) is 7.80. The number of nitrogens with one attached hydrogen (secondary N) is 1. The average Bonchev–Trinajstić information content (AvgIpc) is 2.77. The quantitative estimate of drug-likeness (QED) is 0.875. The summed E-state index contributed by atoms with van der Waals surface area (Å²) in [7, 11) is 0. The molecule has 0 aromatic heterocycles. The molecule has 8 heteroatoms. The molecule has 0 aliphatic carbocycles. The molecule has 3 N–H and O–H groups in total. The summed E-state index contributed by atoms with van der Waals surface area (Å²) in [6, 6.07) is 9.56. The molecule has 1 saturated heterocycles. The maximum Gasteiger partial charge on any atom is 0.405 e. The van der Waals surface area contributed by atoms with Crippen LogP contribution in [0, 0.1) is 0 Å². The fourth-order valence-corrected chi connectivity index (χ4v) is 2.55. The number of benzene rings is 1. The molecule has 1 fully saturated rings. The third kappa shape index (κ3) is 5.47. The van der Waals surface area contributed by atoms with Gasteiger partial charge in [-0.2, -0.15) is 13.2 Å². The maximum atomic E-state index is 12.0. The van der Waals surface area contributed by atoms with Gasteiger partial charge in [0.25, 0.3) is 0 Å². The molecular formula is C14H19ClF3N3O. The van der Waals surface area contributed by atoms with E-state index in [1.54, 1.807) is 4.90 Å². The zero-order valence-electron chi connectivity index (χ0n) is 11.8. The number of nitrogens with zero attached hydrogens (tertiary/aromatic N) is 1. The maximum absolute atomic E-state index is 12.0. The smallest absolute Gasteiger partial charge is 0.346 e. The number of alkyl halides is 3. The van der Waals surface area contributed by atoms with E-state index in [-0.39, 0.29) is 30.9 Å². The lowest BCUT2D eigenvalue weighted by atomic mass is 9.95. The van der Waals surface area contributed by atoms with Crippen molar-refractivity contribution >= 4 is 18.3 Å². The van der Waals surface area contributed by atoms with Crippen LogP contribution in [0.5, 0.6) is 0 Å². The van der Waals surface area contributed by atoms with E-state index in [0.29, 0.717) is 13.1 Å². The van der Waals surface area contributed by atoms with Crippen LogP contribution in [0.15, 0.2) is 30.3 Å². The van der Waals surface area contributed by atoms with Gasteiger partial charge in [-0.25, -0.2) is 0 Å².